The molecule has 1 aliphatic carbocycles. The van der Waals surface area contributed by atoms with Gasteiger partial charge < -0.3 is 5.32 Å². The van der Waals surface area contributed by atoms with Gasteiger partial charge in [0.05, 0.1) is 27.9 Å². The highest BCUT2D eigenvalue weighted by atomic mass is 32.2. The molecule has 2 aromatic carbocycles. The van der Waals surface area contributed by atoms with Crippen molar-refractivity contribution in [1.29, 1.82) is 5.26 Å². The van der Waals surface area contributed by atoms with E-state index in [1.807, 2.05) is 50.2 Å². The fourth-order valence-electron chi connectivity index (χ4n) is 4.46. The number of rotatable bonds is 5. The maximum absolute atomic E-state index is 13.5. The molecule has 176 valence electrons. The largest absolute Gasteiger partial charge is 0.316 e. The monoisotopic (exact) mass is 500 g/mol. The molecule has 1 aliphatic rings. The van der Waals surface area contributed by atoms with Gasteiger partial charge in [-0.3, -0.25) is 14.2 Å². The molecule has 0 bridgehead atoms. The number of hydrogen-bond acceptors (Lipinski definition) is 6. The summed E-state index contributed by atoms with van der Waals surface area (Å²) in [6.07, 6.45) is 4.04. The zero-order valence-corrected chi connectivity index (χ0v) is 21.2. The highest BCUT2D eigenvalue weighted by Gasteiger charge is 2.22. The van der Waals surface area contributed by atoms with Crippen LogP contribution in [0.5, 0.6) is 0 Å². The number of nitrogens with zero attached hydrogens (tertiary/aromatic N) is 3. The Bertz CT molecular complexity index is 1560. The minimum Gasteiger partial charge on any atom is -0.316 e. The number of nitrogens with one attached hydrogen (secondary N) is 1. The lowest BCUT2D eigenvalue weighted by molar-refractivity contribution is -0.113. The van der Waals surface area contributed by atoms with Crippen molar-refractivity contribution >= 4 is 44.9 Å². The Kier molecular flexibility index (Phi) is 6.46. The SMILES string of the molecule is Cc1cccc(-n2c(SCC(=O)Nc3sc4c(c3C#N)CCCC4)nc3ccccc3c2=O)c1C. The number of para-hydroxylation sites is 1. The molecule has 0 saturated heterocycles. The Morgan fingerprint density at radius 2 is 1.97 bits per heavy atom. The van der Waals surface area contributed by atoms with Gasteiger partial charge in [-0.05, 0) is 74.4 Å². The van der Waals surface area contributed by atoms with Gasteiger partial charge in [-0.1, -0.05) is 36.0 Å². The molecule has 5 rings (SSSR count). The highest BCUT2D eigenvalue weighted by Crippen LogP contribution is 2.37. The summed E-state index contributed by atoms with van der Waals surface area (Å²) < 4.78 is 1.60. The zero-order valence-electron chi connectivity index (χ0n) is 19.6. The molecule has 0 saturated carbocycles. The van der Waals surface area contributed by atoms with Gasteiger partial charge in [0.15, 0.2) is 5.16 Å². The number of thioether (sulfide) groups is 1. The van der Waals surface area contributed by atoms with E-state index in [1.54, 1.807) is 10.6 Å². The van der Waals surface area contributed by atoms with Crippen molar-refractivity contribution in [2.45, 2.75) is 44.7 Å². The molecule has 0 spiro atoms. The van der Waals surface area contributed by atoms with Crippen molar-refractivity contribution in [2.75, 3.05) is 11.1 Å². The normalized spacial score (nSPS) is 12.8. The van der Waals surface area contributed by atoms with Crippen molar-refractivity contribution in [1.82, 2.24) is 9.55 Å². The summed E-state index contributed by atoms with van der Waals surface area (Å²) in [7, 11) is 0. The average Bonchev–Trinajstić information content (AvgIpc) is 3.21. The topological polar surface area (TPSA) is 87.8 Å². The average molecular weight is 501 g/mol. The molecule has 8 heteroatoms. The van der Waals surface area contributed by atoms with E-state index in [1.165, 1.54) is 28.0 Å². The lowest BCUT2D eigenvalue weighted by atomic mass is 9.96. The molecule has 4 aromatic rings. The van der Waals surface area contributed by atoms with Gasteiger partial charge in [0.2, 0.25) is 5.91 Å². The van der Waals surface area contributed by atoms with Crippen LogP contribution in [0.3, 0.4) is 0 Å². The Morgan fingerprint density at radius 1 is 1.17 bits per heavy atom. The van der Waals surface area contributed by atoms with E-state index in [0.717, 1.165) is 48.1 Å². The lowest BCUT2D eigenvalue weighted by Gasteiger charge is -2.16. The maximum atomic E-state index is 13.5. The number of benzene rings is 2. The van der Waals surface area contributed by atoms with E-state index < -0.39 is 0 Å². The number of nitriles is 1. The van der Waals surface area contributed by atoms with E-state index in [-0.39, 0.29) is 17.2 Å². The minimum absolute atomic E-state index is 0.0725. The van der Waals surface area contributed by atoms with Gasteiger partial charge in [0.1, 0.15) is 11.1 Å². The van der Waals surface area contributed by atoms with Crippen LogP contribution in [0.1, 0.15) is 40.0 Å². The van der Waals surface area contributed by atoms with Gasteiger partial charge >= 0.3 is 0 Å². The first-order valence-corrected chi connectivity index (χ1v) is 13.3. The van der Waals surface area contributed by atoms with Crippen molar-refractivity contribution < 1.29 is 4.79 Å². The van der Waals surface area contributed by atoms with Crippen LogP contribution < -0.4 is 10.9 Å². The smallest absolute Gasteiger partial charge is 0.266 e. The molecule has 2 heterocycles. The number of anilines is 1. The molecular weight excluding hydrogens is 476 g/mol. The first-order chi connectivity index (χ1) is 17.0. The van der Waals surface area contributed by atoms with E-state index in [4.69, 9.17) is 4.98 Å². The number of amides is 1. The third kappa shape index (κ3) is 4.38. The molecule has 0 radical (unpaired) electrons. The second kappa shape index (κ2) is 9.68. The summed E-state index contributed by atoms with van der Waals surface area (Å²) in [5.41, 5.74) is 4.94. The summed E-state index contributed by atoms with van der Waals surface area (Å²) >= 11 is 2.73. The number of carbonyl (C=O) groups excluding carboxylic acids is 1. The molecule has 0 atom stereocenters. The number of fused-ring (bicyclic) bond motifs is 2. The van der Waals surface area contributed by atoms with E-state index in [0.29, 0.717) is 26.6 Å². The van der Waals surface area contributed by atoms with Crippen LogP contribution in [0.15, 0.2) is 52.4 Å². The first kappa shape index (κ1) is 23.3. The molecule has 0 fully saturated rings. The van der Waals surface area contributed by atoms with Crippen LogP contribution >= 0.6 is 23.1 Å². The lowest BCUT2D eigenvalue weighted by Crippen LogP contribution is -2.23. The Balaban J connectivity index is 1.47. The zero-order chi connectivity index (χ0) is 24.5. The van der Waals surface area contributed by atoms with E-state index in [2.05, 4.69) is 11.4 Å². The third-order valence-electron chi connectivity index (χ3n) is 6.43. The predicted molar refractivity (Wildman–Crippen MR) is 142 cm³/mol. The number of thiophene rings is 1. The summed E-state index contributed by atoms with van der Waals surface area (Å²) in [5.74, 6) is -0.150. The Hall–Kier alpha value is -3.41. The molecule has 1 N–H and O–H groups in total. The van der Waals surface area contributed by atoms with Crippen molar-refractivity contribution in [2.24, 2.45) is 0 Å². The van der Waals surface area contributed by atoms with Crippen molar-refractivity contribution in [3.05, 3.63) is 79.9 Å². The predicted octanol–water partition coefficient (Wildman–Crippen LogP) is 5.55. The second-order valence-corrected chi connectivity index (χ2v) is 10.7. The summed E-state index contributed by atoms with van der Waals surface area (Å²) in [6, 6.07) is 15.4. The van der Waals surface area contributed by atoms with Gasteiger partial charge in [0.25, 0.3) is 5.56 Å². The van der Waals surface area contributed by atoms with Crippen molar-refractivity contribution in [3.63, 3.8) is 0 Å². The van der Waals surface area contributed by atoms with Crippen molar-refractivity contribution in [3.8, 4) is 11.8 Å². The summed E-state index contributed by atoms with van der Waals surface area (Å²) in [5, 5.41) is 14.2. The van der Waals surface area contributed by atoms with Crippen LogP contribution in [0, 0.1) is 25.2 Å². The first-order valence-electron chi connectivity index (χ1n) is 11.5. The van der Waals surface area contributed by atoms with Crippen LogP contribution in [0.25, 0.3) is 16.6 Å². The quantitative estimate of drug-likeness (QED) is 0.287. The summed E-state index contributed by atoms with van der Waals surface area (Å²) in [6.45, 7) is 3.99. The second-order valence-electron chi connectivity index (χ2n) is 8.63. The van der Waals surface area contributed by atoms with Gasteiger partial charge in [-0.15, -0.1) is 11.3 Å². The Morgan fingerprint density at radius 3 is 2.80 bits per heavy atom. The third-order valence-corrected chi connectivity index (χ3v) is 8.58. The molecule has 35 heavy (non-hydrogen) atoms. The van der Waals surface area contributed by atoms with Gasteiger partial charge in [-0.25, -0.2) is 4.98 Å². The van der Waals surface area contributed by atoms with Gasteiger partial charge in [-0.2, -0.15) is 5.26 Å². The fraction of sp³-hybridized carbons (Fsp3) is 0.259. The van der Waals surface area contributed by atoms with E-state index in [9.17, 15) is 14.9 Å². The van der Waals surface area contributed by atoms with Crippen LogP contribution in [-0.4, -0.2) is 21.2 Å². The molecular formula is C27H24N4O2S2. The van der Waals surface area contributed by atoms with Crippen LogP contribution in [0.4, 0.5) is 5.00 Å². The highest BCUT2D eigenvalue weighted by molar-refractivity contribution is 7.99. The maximum Gasteiger partial charge on any atom is 0.266 e. The fourth-order valence-corrected chi connectivity index (χ4v) is 6.53. The van der Waals surface area contributed by atoms with Crippen LogP contribution in [0.2, 0.25) is 0 Å². The summed E-state index contributed by atoms with van der Waals surface area (Å²) in [4.78, 5) is 32.4. The number of aryl methyl sites for hydroxylation is 2. The molecule has 6 nitrogen and oxygen atoms in total. The van der Waals surface area contributed by atoms with Gasteiger partial charge in [0, 0.05) is 4.88 Å². The molecule has 1 amide bonds. The molecule has 0 unspecified atom stereocenters. The van der Waals surface area contributed by atoms with Crippen LogP contribution in [-0.2, 0) is 17.6 Å². The number of aromatic nitrogens is 2. The van der Waals surface area contributed by atoms with E-state index >= 15 is 0 Å². The number of hydrogen-bond donors (Lipinski definition) is 1. The standard InChI is InChI=1S/C27H24N4O2S2/c1-16-8-7-12-22(17(16)2)31-26(33)19-10-3-5-11-21(19)29-27(31)34-15-24(32)30-25-20(14-28)18-9-4-6-13-23(18)35-25/h3,5,7-8,10-12H,4,6,9,13,15H2,1-2H3,(H,30,32). The Labute approximate surface area is 211 Å². The number of carbonyl (C=O) groups is 1. The molecule has 2 aromatic heterocycles. The molecule has 0 aliphatic heterocycles. The minimum atomic E-state index is -0.222.